The summed E-state index contributed by atoms with van der Waals surface area (Å²) in [4.78, 5) is 41.1. The Morgan fingerprint density at radius 3 is 2.88 bits per heavy atom. The molecule has 0 N–H and O–H groups in total. The van der Waals surface area contributed by atoms with Gasteiger partial charge in [-0.25, -0.2) is 9.78 Å². The van der Waals surface area contributed by atoms with E-state index in [1.54, 1.807) is 22.8 Å². The van der Waals surface area contributed by atoms with Crippen molar-refractivity contribution in [3.8, 4) is 0 Å². The molecule has 8 heteroatoms. The van der Waals surface area contributed by atoms with Crippen LogP contribution in [-0.2, 0) is 20.8 Å². The van der Waals surface area contributed by atoms with Gasteiger partial charge in [-0.2, -0.15) is 0 Å². The summed E-state index contributed by atoms with van der Waals surface area (Å²) < 4.78 is 11.3. The third-order valence-corrected chi connectivity index (χ3v) is 5.45. The van der Waals surface area contributed by atoms with Gasteiger partial charge in [0.05, 0.1) is 30.2 Å². The highest BCUT2D eigenvalue weighted by atomic mass is 32.2. The zero-order valence-electron chi connectivity index (χ0n) is 14.7. The first-order valence-electron chi connectivity index (χ1n) is 8.51. The molecule has 0 aliphatic carbocycles. The summed E-state index contributed by atoms with van der Waals surface area (Å²) in [5.74, 6) is -0.771. The molecule has 0 unspecified atom stereocenters. The quantitative estimate of drug-likeness (QED) is 0.565. The number of aromatic nitrogens is 2. The molecule has 1 fully saturated rings. The van der Waals surface area contributed by atoms with E-state index in [2.05, 4.69) is 4.98 Å². The number of carbonyl (C=O) groups is 2. The molecular weight excluding hydrogens is 356 g/mol. The number of fused-ring (bicyclic) bond motifs is 1. The van der Waals surface area contributed by atoms with Crippen molar-refractivity contribution >= 4 is 34.6 Å². The molecule has 0 radical (unpaired) electrons. The summed E-state index contributed by atoms with van der Waals surface area (Å²) in [6.45, 7) is 2.96. The third-order valence-electron chi connectivity index (χ3n) is 4.21. The van der Waals surface area contributed by atoms with Gasteiger partial charge in [-0.15, -0.1) is 0 Å². The van der Waals surface area contributed by atoms with Crippen LogP contribution in [0.5, 0.6) is 0 Å². The number of unbranched alkanes of at least 4 members (excludes halogenated alkanes) is 1. The Morgan fingerprint density at radius 1 is 1.42 bits per heavy atom. The van der Waals surface area contributed by atoms with Gasteiger partial charge in [0.2, 0.25) is 0 Å². The molecule has 0 amide bonds. The number of cyclic esters (lactones) is 1. The number of methoxy groups -OCH3 is 1. The molecule has 1 aromatic carbocycles. The van der Waals surface area contributed by atoms with Crippen LogP contribution in [0.1, 0.15) is 36.5 Å². The molecule has 1 aliphatic rings. The second-order valence-corrected chi connectivity index (χ2v) is 7.16. The highest BCUT2D eigenvalue weighted by molar-refractivity contribution is 8.00. The Labute approximate surface area is 154 Å². The molecule has 1 atom stereocenters. The molecule has 7 nitrogen and oxygen atoms in total. The van der Waals surface area contributed by atoms with Crippen molar-refractivity contribution in [3.05, 3.63) is 34.1 Å². The van der Waals surface area contributed by atoms with Crippen LogP contribution in [0, 0.1) is 0 Å². The Hall–Kier alpha value is -2.35. The van der Waals surface area contributed by atoms with Crippen molar-refractivity contribution in [2.45, 2.75) is 43.1 Å². The van der Waals surface area contributed by atoms with Crippen molar-refractivity contribution in [1.29, 1.82) is 0 Å². The Morgan fingerprint density at radius 2 is 2.23 bits per heavy atom. The van der Waals surface area contributed by atoms with Gasteiger partial charge in [-0.05, 0) is 24.6 Å². The molecule has 0 saturated carbocycles. The molecule has 1 aliphatic heterocycles. The van der Waals surface area contributed by atoms with Gasteiger partial charge in [0.25, 0.3) is 5.56 Å². The van der Waals surface area contributed by atoms with E-state index in [-0.39, 0.29) is 16.8 Å². The van der Waals surface area contributed by atoms with Crippen LogP contribution in [-0.4, -0.2) is 40.5 Å². The van der Waals surface area contributed by atoms with Gasteiger partial charge in [0.1, 0.15) is 5.25 Å². The molecule has 138 valence electrons. The second-order valence-electron chi connectivity index (χ2n) is 5.99. The molecule has 26 heavy (non-hydrogen) atoms. The predicted octanol–water partition coefficient (Wildman–Crippen LogP) is 2.39. The fourth-order valence-corrected chi connectivity index (χ4v) is 3.85. The van der Waals surface area contributed by atoms with Crippen molar-refractivity contribution in [3.63, 3.8) is 0 Å². The van der Waals surface area contributed by atoms with Crippen LogP contribution in [0.4, 0.5) is 0 Å². The first-order valence-corrected chi connectivity index (χ1v) is 9.39. The number of hydrogen-bond acceptors (Lipinski definition) is 7. The number of thioether (sulfide) groups is 1. The highest BCUT2D eigenvalue weighted by Gasteiger charge is 2.29. The molecule has 3 rings (SSSR count). The van der Waals surface area contributed by atoms with E-state index >= 15 is 0 Å². The number of benzene rings is 1. The van der Waals surface area contributed by atoms with E-state index in [1.807, 2.05) is 6.92 Å². The van der Waals surface area contributed by atoms with Crippen molar-refractivity contribution in [1.82, 2.24) is 9.55 Å². The summed E-state index contributed by atoms with van der Waals surface area (Å²) >= 11 is 1.25. The Balaban J connectivity index is 2.09. The fourth-order valence-electron chi connectivity index (χ4n) is 2.76. The summed E-state index contributed by atoms with van der Waals surface area (Å²) in [7, 11) is 1.30. The summed E-state index contributed by atoms with van der Waals surface area (Å²) in [6, 6.07) is 4.70. The Kier molecular flexibility index (Phi) is 5.61. The monoisotopic (exact) mass is 376 g/mol. The van der Waals surface area contributed by atoms with Crippen LogP contribution in [0.3, 0.4) is 0 Å². The maximum atomic E-state index is 12.9. The minimum Gasteiger partial charge on any atom is -0.465 e. The van der Waals surface area contributed by atoms with Gasteiger partial charge in [-0.1, -0.05) is 25.1 Å². The Bertz CT molecular complexity index is 908. The van der Waals surface area contributed by atoms with E-state index < -0.39 is 5.97 Å². The number of nitrogens with zero attached hydrogens (tertiary/aromatic N) is 2. The molecule has 1 saturated heterocycles. The van der Waals surface area contributed by atoms with Gasteiger partial charge in [-0.3, -0.25) is 14.2 Å². The molecule has 2 aromatic rings. The molecule has 2 heterocycles. The number of rotatable bonds is 6. The second kappa shape index (κ2) is 7.90. The smallest absolute Gasteiger partial charge is 0.337 e. The van der Waals surface area contributed by atoms with Crippen LogP contribution in [0.15, 0.2) is 28.2 Å². The topological polar surface area (TPSA) is 87.5 Å². The first kappa shape index (κ1) is 18.4. The largest absolute Gasteiger partial charge is 0.465 e. The molecule has 0 bridgehead atoms. The number of esters is 2. The van der Waals surface area contributed by atoms with E-state index in [9.17, 15) is 14.4 Å². The van der Waals surface area contributed by atoms with E-state index in [0.717, 1.165) is 12.8 Å². The minimum atomic E-state index is -0.488. The number of ether oxygens (including phenoxy) is 2. The zero-order valence-corrected chi connectivity index (χ0v) is 15.5. The summed E-state index contributed by atoms with van der Waals surface area (Å²) in [5.41, 5.74) is 0.572. The van der Waals surface area contributed by atoms with Crippen molar-refractivity contribution < 1.29 is 19.1 Å². The zero-order chi connectivity index (χ0) is 18.7. The van der Waals surface area contributed by atoms with E-state index in [0.29, 0.717) is 41.2 Å². The van der Waals surface area contributed by atoms with Crippen LogP contribution in [0.2, 0.25) is 0 Å². The van der Waals surface area contributed by atoms with Gasteiger partial charge >= 0.3 is 11.9 Å². The fraction of sp³-hybridized carbons (Fsp3) is 0.444. The third kappa shape index (κ3) is 3.60. The molecule has 1 aromatic heterocycles. The van der Waals surface area contributed by atoms with E-state index in [1.165, 1.54) is 18.9 Å². The standard InChI is InChI=1S/C18H20N2O5S/c1-3-4-8-20-15(21)12-6-5-11(16(22)24-2)10-13(12)19-18(20)26-14-7-9-25-17(14)23/h5-6,10,14H,3-4,7-9H2,1-2H3/t14-/m0/s1. The van der Waals surface area contributed by atoms with Crippen LogP contribution in [0.25, 0.3) is 10.9 Å². The van der Waals surface area contributed by atoms with Crippen LogP contribution < -0.4 is 5.56 Å². The summed E-state index contributed by atoms with van der Waals surface area (Å²) in [6.07, 6.45) is 2.35. The maximum Gasteiger partial charge on any atom is 0.337 e. The first-order chi connectivity index (χ1) is 12.5. The average molecular weight is 376 g/mol. The number of hydrogen-bond donors (Lipinski definition) is 0. The number of carbonyl (C=O) groups excluding carboxylic acids is 2. The predicted molar refractivity (Wildman–Crippen MR) is 97.5 cm³/mol. The normalized spacial score (nSPS) is 16.7. The molecular formula is C18H20N2O5S. The van der Waals surface area contributed by atoms with Crippen molar-refractivity contribution in [2.24, 2.45) is 0 Å². The lowest BCUT2D eigenvalue weighted by molar-refractivity contribution is -0.137. The summed E-state index contributed by atoms with van der Waals surface area (Å²) in [5, 5.41) is 0.546. The lowest BCUT2D eigenvalue weighted by Crippen LogP contribution is -2.25. The SMILES string of the molecule is CCCCn1c(S[C@H]2CCOC2=O)nc2cc(C(=O)OC)ccc2c1=O. The van der Waals surface area contributed by atoms with E-state index in [4.69, 9.17) is 9.47 Å². The van der Waals surface area contributed by atoms with Crippen molar-refractivity contribution in [2.75, 3.05) is 13.7 Å². The van der Waals surface area contributed by atoms with Crippen LogP contribution >= 0.6 is 11.8 Å². The van der Waals surface area contributed by atoms with Gasteiger partial charge in [0.15, 0.2) is 5.16 Å². The lowest BCUT2D eigenvalue weighted by Gasteiger charge is -2.14. The maximum absolute atomic E-state index is 12.9. The lowest BCUT2D eigenvalue weighted by atomic mass is 10.1. The van der Waals surface area contributed by atoms with Gasteiger partial charge < -0.3 is 9.47 Å². The van der Waals surface area contributed by atoms with Gasteiger partial charge in [0, 0.05) is 13.0 Å². The minimum absolute atomic E-state index is 0.172. The highest BCUT2D eigenvalue weighted by Crippen LogP contribution is 2.29. The molecule has 0 spiro atoms. The average Bonchev–Trinajstić information content (AvgIpc) is 3.05.